The number of thioether (sulfide) groups is 1. The van der Waals surface area contributed by atoms with E-state index in [1.807, 2.05) is 18.2 Å². The molecule has 0 spiro atoms. The zero-order valence-electron chi connectivity index (χ0n) is 16.1. The lowest BCUT2D eigenvalue weighted by molar-refractivity contribution is -0.123. The monoisotopic (exact) mass is 414 g/mol. The molecule has 2 heterocycles. The lowest BCUT2D eigenvalue weighted by Gasteiger charge is -2.17. The van der Waals surface area contributed by atoms with Gasteiger partial charge in [0, 0.05) is 22.5 Å². The van der Waals surface area contributed by atoms with E-state index in [0.29, 0.717) is 16.0 Å². The summed E-state index contributed by atoms with van der Waals surface area (Å²) in [5.74, 6) is -0.226. The maximum absolute atomic E-state index is 12.8. The van der Waals surface area contributed by atoms with Gasteiger partial charge in [0.2, 0.25) is 0 Å². The summed E-state index contributed by atoms with van der Waals surface area (Å²) in [7, 11) is 0. The number of nitrogens with zero attached hydrogens (tertiary/aromatic N) is 2. The molecule has 6 heteroatoms. The highest BCUT2D eigenvalue weighted by atomic mass is 35.5. The van der Waals surface area contributed by atoms with Crippen molar-refractivity contribution in [3.8, 4) is 0 Å². The first-order chi connectivity index (χ1) is 13.4. The van der Waals surface area contributed by atoms with E-state index < -0.39 is 0 Å². The summed E-state index contributed by atoms with van der Waals surface area (Å²) in [4.78, 5) is 27.0. The molecule has 146 valence electrons. The van der Waals surface area contributed by atoms with Crippen molar-refractivity contribution in [2.24, 2.45) is 0 Å². The highest BCUT2D eigenvalue weighted by Gasteiger charge is 2.35. The maximum atomic E-state index is 12.8. The van der Waals surface area contributed by atoms with Crippen LogP contribution in [-0.2, 0) is 11.3 Å². The molecular weight excluding hydrogens is 392 g/mol. The van der Waals surface area contributed by atoms with Gasteiger partial charge in [0.15, 0.2) is 0 Å². The van der Waals surface area contributed by atoms with Gasteiger partial charge >= 0.3 is 0 Å². The standard InChI is InChI=1S/C22H23ClN2O2S/c1-14-11-17(15(2)25(14)19-5-3-4-6-19)12-20-21(26)24(22(27)28-20)13-16-7-9-18(23)10-8-16/h7-12,19H,3-6,13H2,1-2H3/b20-12-. The molecule has 2 aliphatic rings. The van der Waals surface area contributed by atoms with Gasteiger partial charge in [0.25, 0.3) is 11.1 Å². The fourth-order valence-electron chi connectivity index (χ4n) is 4.22. The second-order valence-corrected chi connectivity index (χ2v) is 8.96. The predicted octanol–water partition coefficient (Wildman–Crippen LogP) is 6.11. The molecule has 4 rings (SSSR count). The Hall–Kier alpha value is -1.98. The normalized spacial score (nSPS) is 19.4. The van der Waals surface area contributed by atoms with E-state index in [1.165, 1.54) is 42.0 Å². The number of imide groups is 1. The largest absolute Gasteiger partial charge is 0.346 e. The number of halogens is 1. The molecular formula is C22H23ClN2O2S. The predicted molar refractivity (Wildman–Crippen MR) is 114 cm³/mol. The van der Waals surface area contributed by atoms with Crippen LogP contribution in [0.2, 0.25) is 5.02 Å². The van der Waals surface area contributed by atoms with Gasteiger partial charge in [-0.05, 0) is 73.9 Å². The van der Waals surface area contributed by atoms with Crippen LogP contribution in [0.5, 0.6) is 0 Å². The smallest absolute Gasteiger partial charge is 0.293 e. The average molecular weight is 415 g/mol. The Kier molecular flexibility index (Phi) is 5.39. The Morgan fingerprint density at radius 3 is 2.50 bits per heavy atom. The molecule has 1 saturated carbocycles. The highest BCUT2D eigenvalue weighted by Crippen LogP contribution is 2.37. The maximum Gasteiger partial charge on any atom is 0.293 e. The van der Waals surface area contributed by atoms with Crippen LogP contribution >= 0.6 is 23.4 Å². The molecule has 2 fully saturated rings. The fourth-order valence-corrected chi connectivity index (χ4v) is 5.18. The molecule has 0 N–H and O–H groups in total. The Morgan fingerprint density at radius 2 is 1.82 bits per heavy atom. The molecule has 0 unspecified atom stereocenters. The molecule has 4 nitrogen and oxygen atoms in total. The summed E-state index contributed by atoms with van der Waals surface area (Å²) < 4.78 is 2.40. The fraction of sp³-hybridized carbons (Fsp3) is 0.364. The average Bonchev–Trinajstić information content (AvgIpc) is 3.34. The van der Waals surface area contributed by atoms with E-state index in [9.17, 15) is 9.59 Å². The third-order valence-electron chi connectivity index (χ3n) is 5.63. The van der Waals surface area contributed by atoms with Crippen molar-refractivity contribution in [1.82, 2.24) is 9.47 Å². The third-order valence-corrected chi connectivity index (χ3v) is 6.79. The molecule has 0 radical (unpaired) electrons. The molecule has 1 aromatic heterocycles. The molecule has 0 bridgehead atoms. The van der Waals surface area contributed by atoms with E-state index >= 15 is 0 Å². The zero-order chi connectivity index (χ0) is 19.8. The molecule has 2 aromatic rings. The number of hydrogen-bond acceptors (Lipinski definition) is 3. The van der Waals surface area contributed by atoms with Gasteiger partial charge in [0.05, 0.1) is 11.4 Å². The van der Waals surface area contributed by atoms with Crippen LogP contribution < -0.4 is 0 Å². The summed E-state index contributed by atoms with van der Waals surface area (Å²) in [5.41, 5.74) is 4.30. The number of aryl methyl sites for hydroxylation is 1. The Morgan fingerprint density at radius 1 is 1.14 bits per heavy atom. The minimum absolute atomic E-state index is 0.226. The van der Waals surface area contributed by atoms with Crippen molar-refractivity contribution in [3.63, 3.8) is 0 Å². The lowest BCUT2D eigenvalue weighted by Crippen LogP contribution is -2.27. The SMILES string of the molecule is Cc1cc(/C=C2\SC(=O)N(Cc3ccc(Cl)cc3)C2=O)c(C)n1C1CCCC1. The molecule has 1 aliphatic carbocycles. The second-order valence-electron chi connectivity index (χ2n) is 7.53. The zero-order valence-corrected chi connectivity index (χ0v) is 17.6. The quantitative estimate of drug-likeness (QED) is 0.567. The Balaban J connectivity index is 1.57. The van der Waals surface area contributed by atoms with E-state index in [0.717, 1.165) is 22.9 Å². The Bertz CT molecular complexity index is 956. The van der Waals surface area contributed by atoms with Crippen LogP contribution in [-0.4, -0.2) is 20.6 Å². The minimum Gasteiger partial charge on any atom is -0.346 e. The first-order valence-corrected chi connectivity index (χ1v) is 10.8. The van der Waals surface area contributed by atoms with Gasteiger partial charge in [0.1, 0.15) is 0 Å². The number of aromatic nitrogens is 1. The van der Waals surface area contributed by atoms with Gasteiger partial charge in [-0.15, -0.1) is 0 Å². The second kappa shape index (κ2) is 7.80. The number of amides is 2. The minimum atomic E-state index is -0.226. The molecule has 1 aliphatic heterocycles. The molecule has 1 aromatic carbocycles. The first kappa shape index (κ1) is 19.3. The van der Waals surface area contributed by atoms with Crippen LogP contribution in [0.3, 0.4) is 0 Å². The number of carbonyl (C=O) groups is 2. The van der Waals surface area contributed by atoms with E-state index in [2.05, 4.69) is 24.5 Å². The van der Waals surface area contributed by atoms with Gasteiger partial charge < -0.3 is 4.57 Å². The number of rotatable bonds is 4. The first-order valence-electron chi connectivity index (χ1n) is 9.62. The lowest BCUT2D eigenvalue weighted by atomic mass is 10.2. The van der Waals surface area contributed by atoms with E-state index in [-0.39, 0.29) is 17.7 Å². The van der Waals surface area contributed by atoms with Gasteiger partial charge in [-0.3, -0.25) is 14.5 Å². The van der Waals surface area contributed by atoms with Crippen molar-refractivity contribution in [1.29, 1.82) is 0 Å². The Labute approximate surface area is 174 Å². The van der Waals surface area contributed by atoms with Crippen LogP contribution in [0.4, 0.5) is 4.79 Å². The number of benzene rings is 1. The summed E-state index contributed by atoms with van der Waals surface area (Å²) in [6, 6.07) is 9.89. The van der Waals surface area contributed by atoms with Crippen LogP contribution in [0.15, 0.2) is 35.2 Å². The molecule has 1 saturated heterocycles. The van der Waals surface area contributed by atoms with Gasteiger partial charge in [-0.2, -0.15) is 0 Å². The molecule has 0 atom stereocenters. The third kappa shape index (κ3) is 3.65. The van der Waals surface area contributed by atoms with Crippen molar-refractivity contribution in [2.45, 2.75) is 52.1 Å². The topological polar surface area (TPSA) is 42.3 Å². The van der Waals surface area contributed by atoms with Crippen molar-refractivity contribution in [2.75, 3.05) is 0 Å². The summed E-state index contributed by atoms with van der Waals surface area (Å²) >= 11 is 6.93. The van der Waals surface area contributed by atoms with Gasteiger partial charge in [-0.25, -0.2) is 0 Å². The van der Waals surface area contributed by atoms with E-state index in [1.54, 1.807) is 12.1 Å². The van der Waals surface area contributed by atoms with Crippen LogP contribution in [0.1, 0.15) is 54.2 Å². The van der Waals surface area contributed by atoms with E-state index in [4.69, 9.17) is 11.6 Å². The van der Waals surface area contributed by atoms with Crippen molar-refractivity contribution in [3.05, 3.63) is 62.8 Å². The summed E-state index contributed by atoms with van der Waals surface area (Å²) in [5, 5.41) is 0.409. The van der Waals surface area contributed by atoms with Gasteiger partial charge in [-0.1, -0.05) is 36.6 Å². The number of hydrogen-bond donors (Lipinski definition) is 0. The van der Waals surface area contributed by atoms with Crippen LogP contribution in [0, 0.1) is 13.8 Å². The summed E-state index contributed by atoms with van der Waals surface area (Å²) in [6.45, 7) is 4.49. The molecule has 28 heavy (non-hydrogen) atoms. The summed E-state index contributed by atoms with van der Waals surface area (Å²) in [6.07, 6.45) is 6.86. The van der Waals surface area contributed by atoms with Crippen molar-refractivity contribution >= 4 is 40.6 Å². The number of carbonyl (C=O) groups excluding carboxylic acids is 2. The highest BCUT2D eigenvalue weighted by molar-refractivity contribution is 8.18. The molecule has 2 amide bonds. The van der Waals surface area contributed by atoms with Crippen molar-refractivity contribution < 1.29 is 9.59 Å². The van der Waals surface area contributed by atoms with Crippen LogP contribution in [0.25, 0.3) is 6.08 Å².